The molecule has 0 unspecified atom stereocenters. The molecule has 2 aliphatic rings. The quantitative estimate of drug-likeness (QED) is 0.931. The number of aryl methyl sites for hydroxylation is 2. The lowest BCUT2D eigenvalue weighted by molar-refractivity contribution is -0.130. The lowest BCUT2D eigenvalue weighted by atomic mass is 9.73. The van der Waals surface area contributed by atoms with Crippen molar-refractivity contribution < 1.29 is 9.53 Å². The van der Waals surface area contributed by atoms with Crippen LogP contribution in [0.5, 0.6) is 0 Å². The minimum atomic E-state index is -0.487. The van der Waals surface area contributed by atoms with Crippen LogP contribution in [0, 0.1) is 0 Å². The van der Waals surface area contributed by atoms with Crippen LogP contribution in [-0.4, -0.2) is 28.7 Å². The highest BCUT2D eigenvalue weighted by atomic mass is 16.5. The van der Waals surface area contributed by atoms with Gasteiger partial charge in [-0.3, -0.25) is 4.79 Å². The van der Waals surface area contributed by atoms with Crippen LogP contribution in [-0.2, 0) is 34.5 Å². The molecule has 5 nitrogen and oxygen atoms in total. The minimum Gasteiger partial charge on any atom is -0.381 e. The summed E-state index contributed by atoms with van der Waals surface area (Å²) >= 11 is 0. The van der Waals surface area contributed by atoms with Gasteiger partial charge in [-0.15, -0.1) is 0 Å². The van der Waals surface area contributed by atoms with Crippen LogP contribution in [0.4, 0.5) is 0 Å². The van der Waals surface area contributed by atoms with Gasteiger partial charge in [0.2, 0.25) is 5.91 Å². The van der Waals surface area contributed by atoms with Crippen molar-refractivity contribution in [3.63, 3.8) is 0 Å². The first-order chi connectivity index (χ1) is 12.3. The highest BCUT2D eigenvalue weighted by Gasteiger charge is 2.41. The van der Waals surface area contributed by atoms with Crippen molar-refractivity contribution in [2.75, 3.05) is 13.2 Å². The predicted molar refractivity (Wildman–Crippen MR) is 95.2 cm³/mol. The Morgan fingerprint density at radius 1 is 1.20 bits per heavy atom. The second kappa shape index (κ2) is 7.00. The van der Waals surface area contributed by atoms with Crippen LogP contribution in [0.25, 0.3) is 0 Å². The zero-order chi connectivity index (χ0) is 17.1. The van der Waals surface area contributed by atoms with Crippen molar-refractivity contribution in [2.45, 2.75) is 50.6 Å². The lowest BCUT2D eigenvalue weighted by Gasteiger charge is -2.36. The Hall–Kier alpha value is -2.14. The van der Waals surface area contributed by atoms with Gasteiger partial charge in [-0.2, -0.15) is 0 Å². The molecule has 4 rings (SSSR count). The van der Waals surface area contributed by atoms with E-state index in [-0.39, 0.29) is 5.91 Å². The molecule has 1 fully saturated rings. The molecule has 0 saturated carbocycles. The summed E-state index contributed by atoms with van der Waals surface area (Å²) in [5.41, 5.74) is 1.55. The molecule has 0 atom stereocenters. The van der Waals surface area contributed by atoms with E-state index in [4.69, 9.17) is 4.74 Å². The van der Waals surface area contributed by atoms with Gasteiger partial charge in [-0.1, -0.05) is 30.3 Å². The summed E-state index contributed by atoms with van der Waals surface area (Å²) in [6.07, 6.45) is 7.00. The van der Waals surface area contributed by atoms with Gasteiger partial charge >= 0.3 is 0 Å². The number of imidazole rings is 1. The standard InChI is InChI=1S/C20H25N3O2/c24-19(21-14-17-15-23-11-5-4-8-18(23)22-17)20(9-12-25-13-10-20)16-6-2-1-3-7-16/h1-3,6-7,15H,4-5,8-14H2,(H,21,24). The second-order valence-electron chi connectivity index (χ2n) is 7.04. The van der Waals surface area contributed by atoms with Crippen molar-refractivity contribution in [1.82, 2.24) is 14.9 Å². The average molecular weight is 339 g/mol. The number of rotatable bonds is 4. The highest BCUT2D eigenvalue weighted by Crippen LogP contribution is 2.35. The Balaban J connectivity index is 1.50. The van der Waals surface area contributed by atoms with Gasteiger partial charge in [0.1, 0.15) is 5.82 Å². The Morgan fingerprint density at radius 3 is 2.76 bits per heavy atom. The fourth-order valence-electron chi connectivity index (χ4n) is 4.02. The number of carbonyl (C=O) groups excluding carboxylic acids is 1. The molecule has 1 aromatic carbocycles. The number of nitrogens with one attached hydrogen (secondary N) is 1. The predicted octanol–water partition coefficient (Wildman–Crippen LogP) is 2.58. The summed E-state index contributed by atoms with van der Waals surface area (Å²) in [6.45, 7) is 2.79. The molecule has 0 radical (unpaired) electrons. The molecule has 1 aromatic heterocycles. The third-order valence-electron chi connectivity index (χ3n) is 5.50. The normalized spacial score (nSPS) is 19.2. The van der Waals surface area contributed by atoms with Gasteiger partial charge in [0.25, 0.3) is 0 Å². The van der Waals surface area contributed by atoms with E-state index in [9.17, 15) is 4.79 Å². The van der Waals surface area contributed by atoms with E-state index in [0.717, 1.165) is 42.9 Å². The Morgan fingerprint density at radius 2 is 2.00 bits per heavy atom. The van der Waals surface area contributed by atoms with Crippen LogP contribution in [0.15, 0.2) is 36.5 Å². The zero-order valence-corrected chi connectivity index (χ0v) is 14.5. The van der Waals surface area contributed by atoms with E-state index in [0.29, 0.717) is 19.8 Å². The van der Waals surface area contributed by atoms with Crippen molar-refractivity contribution in [3.05, 3.63) is 53.6 Å². The zero-order valence-electron chi connectivity index (χ0n) is 14.5. The fraction of sp³-hybridized carbons (Fsp3) is 0.500. The first-order valence-corrected chi connectivity index (χ1v) is 9.24. The Kier molecular flexibility index (Phi) is 4.57. The molecule has 5 heteroatoms. The molecular weight excluding hydrogens is 314 g/mol. The van der Waals surface area contributed by atoms with Gasteiger partial charge in [0.05, 0.1) is 17.7 Å². The van der Waals surface area contributed by atoms with Crippen molar-refractivity contribution in [1.29, 1.82) is 0 Å². The van der Waals surface area contributed by atoms with Gasteiger partial charge < -0.3 is 14.6 Å². The largest absolute Gasteiger partial charge is 0.381 e. The van der Waals surface area contributed by atoms with E-state index in [1.54, 1.807) is 0 Å². The molecule has 1 saturated heterocycles. The number of hydrogen-bond donors (Lipinski definition) is 1. The van der Waals surface area contributed by atoms with E-state index in [1.807, 2.05) is 18.2 Å². The Labute approximate surface area is 148 Å². The number of carbonyl (C=O) groups is 1. The third kappa shape index (κ3) is 3.21. The summed E-state index contributed by atoms with van der Waals surface area (Å²) in [4.78, 5) is 17.8. The molecule has 0 aliphatic carbocycles. The van der Waals surface area contributed by atoms with Crippen LogP contribution >= 0.6 is 0 Å². The van der Waals surface area contributed by atoms with Gasteiger partial charge in [-0.05, 0) is 31.2 Å². The maximum absolute atomic E-state index is 13.1. The molecule has 0 bridgehead atoms. The third-order valence-corrected chi connectivity index (χ3v) is 5.50. The molecular formula is C20H25N3O2. The number of ether oxygens (including phenoxy) is 1. The van der Waals surface area contributed by atoms with Crippen LogP contribution in [0.3, 0.4) is 0 Å². The van der Waals surface area contributed by atoms with Crippen LogP contribution < -0.4 is 5.32 Å². The number of fused-ring (bicyclic) bond motifs is 1. The lowest BCUT2D eigenvalue weighted by Crippen LogP contribution is -2.47. The maximum atomic E-state index is 13.1. The summed E-state index contributed by atoms with van der Waals surface area (Å²) < 4.78 is 7.75. The Bertz CT molecular complexity index is 709. The summed E-state index contributed by atoms with van der Waals surface area (Å²) in [7, 11) is 0. The van der Waals surface area contributed by atoms with Crippen LogP contribution in [0.1, 0.15) is 42.8 Å². The molecule has 2 aliphatic heterocycles. The maximum Gasteiger partial charge on any atom is 0.231 e. The smallest absolute Gasteiger partial charge is 0.231 e. The van der Waals surface area contributed by atoms with E-state index in [2.05, 4.69) is 33.2 Å². The van der Waals surface area contributed by atoms with E-state index in [1.165, 1.54) is 12.8 Å². The fourth-order valence-corrected chi connectivity index (χ4v) is 4.02. The summed E-state index contributed by atoms with van der Waals surface area (Å²) in [5, 5.41) is 3.15. The molecule has 3 heterocycles. The van der Waals surface area contributed by atoms with Gasteiger partial charge in [0.15, 0.2) is 0 Å². The molecule has 1 N–H and O–H groups in total. The SMILES string of the molecule is O=C(NCc1cn2c(n1)CCCC2)C1(c2ccccc2)CCOCC1. The monoisotopic (exact) mass is 339 g/mol. The summed E-state index contributed by atoms with van der Waals surface area (Å²) in [5.74, 6) is 1.24. The van der Waals surface area contributed by atoms with Crippen molar-refractivity contribution >= 4 is 5.91 Å². The van der Waals surface area contributed by atoms with Crippen LogP contribution in [0.2, 0.25) is 0 Å². The topological polar surface area (TPSA) is 56.2 Å². The number of amides is 1. The summed E-state index contributed by atoms with van der Waals surface area (Å²) in [6, 6.07) is 10.1. The molecule has 132 valence electrons. The number of benzene rings is 1. The first-order valence-electron chi connectivity index (χ1n) is 9.24. The average Bonchev–Trinajstić information content (AvgIpc) is 3.10. The van der Waals surface area contributed by atoms with Gasteiger partial charge in [-0.25, -0.2) is 4.98 Å². The molecule has 1 amide bonds. The van der Waals surface area contributed by atoms with Crippen molar-refractivity contribution in [3.8, 4) is 0 Å². The minimum absolute atomic E-state index is 0.0907. The number of aromatic nitrogens is 2. The number of nitrogens with zero attached hydrogens (tertiary/aromatic N) is 2. The van der Waals surface area contributed by atoms with E-state index >= 15 is 0 Å². The molecule has 25 heavy (non-hydrogen) atoms. The highest BCUT2D eigenvalue weighted by molar-refractivity contribution is 5.88. The molecule has 0 spiro atoms. The number of hydrogen-bond acceptors (Lipinski definition) is 3. The van der Waals surface area contributed by atoms with Gasteiger partial charge in [0, 0.05) is 32.4 Å². The second-order valence-corrected chi connectivity index (χ2v) is 7.04. The molecule has 2 aromatic rings. The van der Waals surface area contributed by atoms with E-state index < -0.39 is 5.41 Å². The first kappa shape index (κ1) is 16.3. The van der Waals surface area contributed by atoms with Crippen molar-refractivity contribution in [2.24, 2.45) is 0 Å².